The first kappa shape index (κ1) is 12.8. The molecule has 2 rings (SSSR count). The predicted octanol–water partition coefficient (Wildman–Crippen LogP) is 1.24. The number of ether oxygens (including phenoxy) is 1. The van der Waals surface area contributed by atoms with Gasteiger partial charge in [-0.25, -0.2) is 4.98 Å². The minimum Gasteiger partial charge on any atom is -0.475 e. The van der Waals surface area contributed by atoms with E-state index in [1.807, 2.05) is 22.6 Å². The first-order valence-electron chi connectivity index (χ1n) is 5.74. The highest BCUT2D eigenvalue weighted by Crippen LogP contribution is 2.17. The maximum Gasteiger partial charge on any atom is 0.268 e. The lowest BCUT2D eigenvalue weighted by atomic mass is 10.0. The number of piperidine rings is 1. The van der Waals surface area contributed by atoms with Gasteiger partial charge in [0.2, 0.25) is 5.88 Å². The third-order valence-corrected chi connectivity index (χ3v) is 4.05. The Hall–Kier alpha value is -0.630. The van der Waals surface area contributed by atoms with Crippen LogP contribution in [0.2, 0.25) is 0 Å². The van der Waals surface area contributed by atoms with Crippen LogP contribution in [0.15, 0.2) is 11.1 Å². The van der Waals surface area contributed by atoms with Crippen LogP contribution in [0.1, 0.15) is 19.3 Å². The van der Waals surface area contributed by atoms with Gasteiger partial charge in [0.15, 0.2) is 0 Å². The number of nitrogens with zero attached hydrogens (tertiary/aromatic N) is 2. The number of rotatable bonds is 3. The number of nitrogens with one attached hydrogen (secondary N) is 1. The number of hydrogen-bond acceptors (Lipinski definition) is 4. The summed E-state index contributed by atoms with van der Waals surface area (Å²) >= 11 is 1.96. The van der Waals surface area contributed by atoms with Crippen LogP contribution in [-0.2, 0) is 0 Å². The fraction of sp³-hybridized carbons (Fsp3) is 0.636. The topological polar surface area (TPSA) is 58.2 Å². The third-order valence-electron chi connectivity index (χ3n) is 3.10. The lowest BCUT2D eigenvalue weighted by Gasteiger charge is -2.31. The highest BCUT2D eigenvalue weighted by molar-refractivity contribution is 14.1. The Kier molecular flexibility index (Phi) is 4.38. The number of H-pyrrole nitrogens is 1. The third kappa shape index (κ3) is 3.19. The van der Waals surface area contributed by atoms with Gasteiger partial charge in [-0.1, -0.05) is 6.42 Å². The van der Waals surface area contributed by atoms with Gasteiger partial charge in [0.25, 0.3) is 5.56 Å². The molecule has 1 unspecified atom stereocenters. The van der Waals surface area contributed by atoms with E-state index >= 15 is 0 Å². The highest BCUT2D eigenvalue weighted by Gasteiger charge is 2.20. The highest BCUT2D eigenvalue weighted by atomic mass is 127. The number of aromatic amines is 1. The van der Waals surface area contributed by atoms with Crippen LogP contribution in [0.25, 0.3) is 0 Å². The Balaban J connectivity index is 1.97. The molecule has 1 atom stereocenters. The SMILES string of the molecule is CN1CCCCC1COc1nc[nH]c(=O)c1I. The van der Waals surface area contributed by atoms with Gasteiger partial charge in [0.1, 0.15) is 10.2 Å². The van der Waals surface area contributed by atoms with Crippen LogP contribution < -0.4 is 10.3 Å². The van der Waals surface area contributed by atoms with Crippen molar-refractivity contribution in [1.29, 1.82) is 0 Å². The number of hydrogen-bond donors (Lipinski definition) is 1. The molecule has 0 amide bonds. The standard InChI is InChI=1S/C11H16IN3O2/c1-15-5-3-2-4-8(15)6-17-11-9(12)10(16)13-7-14-11/h7-8H,2-6H2,1H3,(H,13,14,16). The van der Waals surface area contributed by atoms with Crippen LogP contribution in [0.4, 0.5) is 0 Å². The summed E-state index contributed by atoms with van der Waals surface area (Å²) < 4.78 is 6.16. The van der Waals surface area contributed by atoms with E-state index in [9.17, 15) is 4.79 Å². The molecule has 0 aliphatic carbocycles. The van der Waals surface area contributed by atoms with Crippen molar-refractivity contribution >= 4 is 22.6 Å². The maximum atomic E-state index is 11.4. The van der Waals surface area contributed by atoms with Crippen molar-refractivity contribution in [2.75, 3.05) is 20.2 Å². The van der Waals surface area contributed by atoms with Crippen molar-refractivity contribution in [2.24, 2.45) is 0 Å². The summed E-state index contributed by atoms with van der Waals surface area (Å²) in [6.45, 7) is 1.72. The maximum absolute atomic E-state index is 11.4. The molecule has 1 N–H and O–H groups in total. The summed E-state index contributed by atoms with van der Waals surface area (Å²) in [4.78, 5) is 20.2. The second-order valence-electron chi connectivity index (χ2n) is 4.29. The van der Waals surface area contributed by atoms with Crippen LogP contribution in [0.3, 0.4) is 0 Å². The molecule has 1 aliphatic rings. The van der Waals surface area contributed by atoms with Crippen molar-refractivity contribution in [2.45, 2.75) is 25.3 Å². The molecule has 0 bridgehead atoms. The molecule has 2 heterocycles. The van der Waals surface area contributed by atoms with Crippen LogP contribution >= 0.6 is 22.6 Å². The fourth-order valence-electron chi connectivity index (χ4n) is 2.00. The average Bonchev–Trinajstić information content (AvgIpc) is 2.33. The van der Waals surface area contributed by atoms with Gasteiger partial charge in [-0.2, -0.15) is 0 Å². The van der Waals surface area contributed by atoms with Crippen molar-refractivity contribution in [3.05, 3.63) is 20.3 Å². The summed E-state index contributed by atoms with van der Waals surface area (Å²) in [6, 6.07) is 0.431. The molecular formula is C11H16IN3O2. The molecule has 94 valence electrons. The van der Waals surface area contributed by atoms with Crippen LogP contribution in [0.5, 0.6) is 5.88 Å². The molecule has 0 saturated carbocycles. The first-order valence-corrected chi connectivity index (χ1v) is 6.82. The molecular weight excluding hydrogens is 333 g/mol. The van der Waals surface area contributed by atoms with Gasteiger partial charge >= 0.3 is 0 Å². The van der Waals surface area contributed by atoms with Crippen molar-refractivity contribution in [3.8, 4) is 5.88 Å². The second-order valence-corrected chi connectivity index (χ2v) is 5.37. The molecule has 0 spiro atoms. The van der Waals surface area contributed by atoms with E-state index in [2.05, 4.69) is 21.9 Å². The largest absolute Gasteiger partial charge is 0.475 e. The first-order chi connectivity index (χ1) is 8.18. The molecule has 1 aromatic heterocycles. The minimum absolute atomic E-state index is 0.146. The van der Waals surface area contributed by atoms with E-state index < -0.39 is 0 Å². The average molecular weight is 349 g/mol. The summed E-state index contributed by atoms with van der Waals surface area (Å²) in [6.07, 6.45) is 5.03. The number of likely N-dealkylation sites (tertiary alicyclic amines) is 1. The zero-order chi connectivity index (χ0) is 12.3. The Bertz CT molecular complexity index is 435. The summed E-state index contributed by atoms with van der Waals surface area (Å²) in [5.74, 6) is 0.438. The normalized spacial score (nSPS) is 21.4. The Labute approximate surface area is 114 Å². The van der Waals surface area contributed by atoms with Gasteiger partial charge < -0.3 is 14.6 Å². The quantitative estimate of drug-likeness (QED) is 0.835. The molecule has 5 nitrogen and oxygen atoms in total. The predicted molar refractivity (Wildman–Crippen MR) is 73.3 cm³/mol. The minimum atomic E-state index is -0.146. The van der Waals surface area contributed by atoms with Crippen molar-refractivity contribution in [3.63, 3.8) is 0 Å². The molecule has 1 fully saturated rings. The molecule has 0 aromatic carbocycles. The molecule has 0 radical (unpaired) electrons. The van der Waals surface area contributed by atoms with Gasteiger partial charge in [0, 0.05) is 6.04 Å². The van der Waals surface area contributed by atoms with E-state index in [4.69, 9.17) is 4.74 Å². The summed E-state index contributed by atoms with van der Waals surface area (Å²) in [5, 5.41) is 0. The smallest absolute Gasteiger partial charge is 0.268 e. The summed E-state index contributed by atoms with van der Waals surface area (Å²) in [7, 11) is 2.11. The molecule has 17 heavy (non-hydrogen) atoms. The molecule has 6 heteroatoms. The number of likely N-dealkylation sites (N-methyl/N-ethyl adjacent to an activating group) is 1. The van der Waals surface area contributed by atoms with Gasteiger partial charge in [-0.05, 0) is 49.0 Å². The van der Waals surface area contributed by atoms with Gasteiger partial charge in [0.05, 0.1) is 6.33 Å². The van der Waals surface area contributed by atoms with Crippen molar-refractivity contribution < 1.29 is 4.74 Å². The van der Waals surface area contributed by atoms with Gasteiger partial charge in [-0.3, -0.25) is 4.79 Å². The lowest BCUT2D eigenvalue weighted by molar-refractivity contribution is 0.122. The van der Waals surface area contributed by atoms with E-state index in [1.54, 1.807) is 0 Å². The zero-order valence-electron chi connectivity index (χ0n) is 9.78. The van der Waals surface area contributed by atoms with Crippen LogP contribution in [0, 0.1) is 3.57 Å². The molecule has 1 saturated heterocycles. The van der Waals surface area contributed by atoms with Crippen molar-refractivity contribution in [1.82, 2.24) is 14.9 Å². The summed E-state index contributed by atoms with van der Waals surface area (Å²) in [5.41, 5.74) is -0.146. The fourth-order valence-corrected chi connectivity index (χ4v) is 2.45. The van der Waals surface area contributed by atoms with E-state index in [-0.39, 0.29) is 5.56 Å². The zero-order valence-corrected chi connectivity index (χ0v) is 11.9. The van der Waals surface area contributed by atoms with Gasteiger partial charge in [-0.15, -0.1) is 0 Å². The molecule has 1 aromatic rings. The van der Waals surface area contributed by atoms with E-state index in [0.29, 0.717) is 22.1 Å². The monoisotopic (exact) mass is 349 g/mol. The number of aromatic nitrogens is 2. The Morgan fingerprint density at radius 2 is 2.47 bits per heavy atom. The van der Waals surface area contributed by atoms with Crippen LogP contribution in [-0.4, -0.2) is 41.1 Å². The van der Waals surface area contributed by atoms with E-state index in [0.717, 1.165) is 13.0 Å². The molecule has 1 aliphatic heterocycles. The van der Waals surface area contributed by atoms with E-state index in [1.165, 1.54) is 19.2 Å². The second kappa shape index (κ2) is 5.81. The Morgan fingerprint density at radius 3 is 3.24 bits per heavy atom. The lowest BCUT2D eigenvalue weighted by Crippen LogP contribution is -2.40. The number of halogens is 1. The Morgan fingerprint density at radius 1 is 1.65 bits per heavy atom.